The fraction of sp³-hybridized carbons (Fsp3) is 0.467. The minimum absolute atomic E-state index is 0.104. The summed E-state index contributed by atoms with van der Waals surface area (Å²) < 4.78 is 1.80. The van der Waals surface area contributed by atoms with Gasteiger partial charge in [-0.2, -0.15) is 5.10 Å². The van der Waals surface area contributed by atoms with Crippen LogP contribution in [0.5, 0.6) is 0 Å². The lowest BCUT2D eigenvalue weighted by Crippen LogP contribution is -2.23. The van der Waals surface area contributed by atoms with E-state index in [1.165, 1.54) is 5.56 Å². The lowest BCUT2D eigenvalue weighted by atomic mass is 9.97. The van der Waals surface area contributed by atoms with Crippen molar-refractivity contribution in [2.45, 2.75) is 26.2 Å². The maximum Gasteiger partial charge on any atom is 0.226 e. The molecular formula is C15H21N3O. The molecule has 1 aromatic carbocycles. The van der Waals surface area contributed by atoms with E-state index in [-0.39, 0.29) is 5.91 Å². The van der Waals surface area contributed by atoms with Crippen LogP contribution in [0.1, 0.15) is 30.9 Å². The topological polar surface area (TPSA) is 38.1 Å². The van der Waals surface area contributed by atoms with Gasteiger partial charge in [0.15, 0.2) is 0 Å². The predicted molar refractivity (Wildman–Crippen MR) is 77.2 cm³/mol. The van der Waals surface area contributed by atoms with Crippen molar-refractivity contribution in [3.63, 3.8) is 0 Å². The van der Waals surface area contributed by atoms with E-state index >= 15 is 0 Å². The fourth-order valence-electron chi connectivity index (χ4n) is 2.14. The Kier molecular flexibility index (Phi) is 3.60. The third-order valence-corrected chi connectivity index (χ3v) is 3.33. The molecule has 4 heteroatoms. The second-order valence-electron chi connectivity index (χ2n) is 5.54. The third-order valence-electron chi connectivity index (χ3n) is 3.33. The van der Waals surface area contributed by atoms with Crippen molar-refractivity contribution in [1.29, 1.82) is 0 Å². The summed E-state index contributed by atoms with van der Waals surface area (Å²) in [6.45, 7) is 4.32. The predicted octanol–water partition coefficient (Wildman–Crippen LogP) is 2.33. The molecule has 2 rings (SSSR count). The first-order chi connectivity index (χ1) is 8.88. The first-order valence-electron chi connectivity index (χ1n) is 6.55. The van der Waals surface area contributed by atoms with Crippen molar-refractivity contribution in [2.24, 2.45) is 7.05 Å². The van der Waals surface area contributed by atoms with Crippen LogP contribution >= 0.6 is 0 Å². The van der Waals surface area contributed by atoms with E-state index in [1.54, 1.807) is 23.7 Å². The van der Waals surface area contributed by atoms with Gasteiger partial charge in [-0.25, -0.2) is 0 Å². The highest BCUT2D eigenvalue weighted by Gasteiger charge is 2.14. The normalized spacial score (nSPS) is 11.3. The molecular weight excluding hydrogens is 238 g/mol. The summed E-state index contributed by atoms with van der Waals surface area (Å²) in [6.07, 6.45) is 2.41. The quantitative estimate of drug-likeness (QED) is 0.848. The summed E-state index contributed by atoms with van der Waals surface area (Å²) >= 11 is 0. The number of amides is 1. The average Bonchev–Trinajstić information content (AvgIpc) is 2.69. The number of benzene rings is 1. The van der Waals surface area contributed by atoms with E-state index in [0.29, 0.717) is 12.3 Å². The van der Waals surface area contributed by atoms with Crippen molar-refractivity contribution < 1.29 is 4.79 Å². The second kappa shape index (κ2) is 5.03. The van der Waals surface area contributed by atoms with Crippen molar-refractivity contribution in [2.75, 3.05) is 14.1 Å². The number of fused-ring (bicyclic) bond motifs is 1. The summed E-state index contributed by atoms with van der Waals surface area (Å²) in [6, 6.07) is 4.28. The van der Waals surface area contributed by atoms with Crippen LogP contribution in [-0.2, 0) is 18.3 Å². The van der Waals surface area contributed by atoms with Gasteiger partial charge in [-0.3, -0.25) is 9.48 Å². The zero-order valence-electron chi connectivity index (χ0n) is 12.3. The molecule has 2 aromatic rings. The van der Waals surface area contributed by atoms with E-state index < -0.39 is 0 Å². The number of rotatable bonds is 3. The number of carbonyl (C=O) groups excluding carboxylic acids is 1. The third kappa shape index (κ3) is 2.78. The van der Waals surface area contributed by atoms with E-state index in [9.17, 15) is 4.79 Å². The SMILES string of the molecule is CC(C)c1cc(CC(=O)N(C)C)c2nn(C)cc2c1. The number of aromatic nitrogens is 2. The van der Waals surface area contributed by atoms with Crippen molar-refractivity contribution in [3.05, 3.63) is 29.5 Å². The van der Waals surface area contributed by atoms with Gasteiger partial charge in [-0.15, -0.1) is 0 Å². The summed E-state index contributed by atoms with van der Waals surface area (Å²) in [5.74, 6) is 0.547. The Morgan fingerprint density at radius 2 is 2.05 bits per heavy atom. The summed E-state index contributed by atoms with van der Waals surface area (Å²) in [5.41, 5.74) is 3.20. The van der Waals surface area contributed by atoms with Gasteiger partial charge in [0, 0.05) is 32.7 Å². The fourth-order valence-corrected chi connectivity index (χ4v) is 2.14. The van der Waals surface area contributed by atoms with Crippen LogP contribution in [0.3, 0.4) is 0 Å². The minimum atomic E-state index is 0.104. The first-order valence-corrected chi connectivity index (χ1v) is 6.55. The zero-order chi connectivity index (χ0) is 14.2. The molecule has 0 saturated heterocycles. The highest BCUT2D eigenvalue weighted by Crippen LogP contribution is 2.25. The van der Waals surface area contributed by atoms with Crippen molar-refractivity contribution in [3.8, 4) is 0 Å². The molecule has 1 heterocycles. The van der Waals surface area contributed by atoms with Crippen LogP contribution in [0.2, 0.25) is 0 Å². The van der Waals surface area contributed by atoms with Gasteiger partial charge in [0.25, 0.3) is 0 Å². The van der Waals surface area contributed by atoms with Gasteiger partial charge in [-0.05, 0) is 23.1 Å². The molecule has 1 amide bonds. The molecule has 0 N–H and O–H groups in total. The minimum Gasteiger partial charge on any atom is -0.349 e. The van der Waals surface area contributed by atoms with E-state index in [2.05, 4.69) is 31.1 Å². The monoisotopic (exact) mass is 259 g/mol. The molecule has 0 atom stereocenters. The highest BCUT2D eigenvalue weighted by atomic mass is 16.2. The molecule has 0 radical (unpaired) electrons. The zero-order valence-corrected chi connectivity index (χ0v) is 12.3. The first kappa shape index (κ1) is 13.6. The van der Waals surface area contributed by atoms with E-state index in [0.717, 1.165) is 16.5 Å². The number of aryl methyl sites for hydroxylation is 1. The van der Waals surface area contributed by atoms with E-state index in [4.69, 9.17) is 0 Å². The Bertz CT molecular complexity index is 611. The number of carbonyl (C=O) groups is 1. The van der Waals surface area contributed by atoms with Crippen LogP contribution in [0.15, 0.2) is 18.3 Å². The maximum atomic E-state index is 11.9. The van der Waals surface area contributed by atoms with Crippen LogP contribution in [0, 0.1) is 0 Å². The van der Waals surface area contributed by atoms with Gasteiger partial charge >= 0.3 is 0 Å². The lowest BCUT2D eigenvalue weighted by molar-refractivity contribution is -0.127. The molecule has 19 heavy (non-hydrogen) atoms. The summed E-state index contributed by atoms with van der Waals surface area (Å²) in [7, 11) is 5.47. The van der Waals surface area contributed by atoms with Crippen LogP contribution in [0.4, 0.5) is 0 Å². The summed E-state index contributed by atoms with van der Waals surface area (Å²) in [4.78, 5) is 13.6. The molecule has 0 aliphatic rings. The van der Waals surface area contributed by atoms with Crippen LogP contribution in [0.25, 0.3) is 10.9 Å². The molecule has 0 bridgehead atoms. The van der Waals surface area contributed by atoms with Crippen molar-refractivity contribution in [1.82, 2.24) is 14.7 Å². The molecule has 0 aliphatic carbocycles. The molecule has 102 valence electrons. The standard InChI is InChI=1S/C15H21N3O/c1-10(2)11-6-12(8-14(19)17(3)4)15-13(7-11)9-18(5)16-15/h6-7,9-10H,8H2,1-5H3. The molecule has 1 aromatic heterocycles. The number of nitrogens with zero attached hydrogens (tertiary/aromatic N) is 3. The Hall–Kier alpha value is -1.84. The second-order valence-corrected chi connectivity index (χ2v) is 5.54. The number of hydrogen-bond donors (Lipinski definition) is 0. The van der Waals surface area contributed by atoms with Gasteiger partial charge < -0.3 is 4.90 Å². The highest BCUT2D eigenvalue weighted by molar-refractivity contribution is 5.88. The Morgan fingerprint density at radius 3 is 2.63 bits per heavy atom. The van der Waals surface area contributed by atoms with Crippen LogP contribution < -0.4 is 0 Å². The van der Waals surface area contributed by atoms with Gasteiger partial charge in [0.2, 0.25) is 5.91 Å². The Balaban J connectivity index is 2.53. The number of likely N-dealkylation sites (N-methyl/N-ethyl adjacent to an activating group) is 1. The molecule has 0 aliphatic heterocycles. The molecule has 0 fully saturated rings. The Morgan fingerprint density at radius 1 is 1.37 bits per heavy atom. The molecule has 4 nitrogen and oxygen atoms in total. The van der Waals surface area contributed by atoms with Gasteiger partial charge in [0.1, 0.15) is 0 Å². The summed E-state index contributed by atoms with van der Waals surface area (Å²) in [5, 5.41) is 5.58. The van der Waals surface area contributed by atoms with Gasteiger partial charge in [-0.1, -0.05) is 19.9 Å². The average molecular weight is 259 g/mol. The maximum absolute atomic E-state index is 11.9. The molecule has 0 saturated carbocycles. The van der Waals surface area contributed by atoms with Gasteiger partial charge in [0.05, 0.1) is 11.9 Å². The van der Waals surface area contributed by atoms with Crippen molar-refractivity contribution >= 4 is 16.8 Å². The van der Waals surface area contributed by atoms with E-state index in [1.807, 2.05) is 13.2 Å². The lowest BCUT2D eigenvalue weighted by Gasteiger charge is -2.12. The Labute approximate surface area is 114 Å². The largest absolute Gasteiger partial charge is 0.349 e. The number of hydrogen-bond acceptors (Lipinski definition) is 2. The smallest absolute Gasteiger partial charge is 0.226 e. The molecule has 0 spiro atoms. The molecule has 0 unspecified atom stereocenters. The van der Waals surface area contributed by atoms with Crippen LogP contribution in [-0.4, -0.2) is 34.7 Å².